The van der Waals surface area contributed by atoms with Crippen LogP contribution in [0.2, 0.25) is 0 Å². The molecule has 1 aliphatic rings. The van der Waals surface area contributed by atoms with E-state index >= 15 is 0 Å². The quantitative estimate of drug-likeness (QED) is 0.522. The molecule has 6 heteroatoms. The number of benzene rings is 1. The minimum Gasteiger partial charge on any atom is -0.383 e. The molecule has 1 amide bonds. The molecule has 1 aromatic carbocycles. The van der Waals surface area contributed by atoms with Crippen molar-refractivity contribution in [1.29, 1.82) is 0 Å². The van der Waals surface area contributed by atoms with Crippen LogP contribution in [0.1, 0.15) is 18.4 Å². The summed E-state index contributed by atoms with van der Waals surface area (Å²) < 4.78 is 5.32. The molecule has 1 aliphatic carbocycles. The first-order chi connectivity index (χ1) is 12.1. The van der Waals surface area contributed by atoms with E-state index < -0.39 is 0 Å². The SMILES string of the molecule is COCC(NC(=NCC(=O)N(C)C)NCCc1ccccc1)C1CC1. The normalized spacial score (nSPS) is 15.6. The van der Waals surface area contributed by atoms with Gasteiger partial charge in [-0.3, -0.25) is 4.79 Å². The molecule has 25 heavy (non-hydrogen) atoms. The fraction of sp³-hybridized carbons (Fsp3) is 0.579. The number of guanidine groups is 1. The Morgan fingerprint density at radius 3 is 2.64 bits per heavy atom. The summed E-state index contributed by atoms with van der Waals surface area (Å²) in [4.78, 5) is 17.8. The lowest BCUT2D eigenvalue weighted by molar-refractivity contribution is -0.127. The summed E-state index contributed by atoms with van der Waals surface area (Å²) in [6.07, 6.45) is 3.34. The number of hydrogen-bond donors (Lipinski definition) is 2. The van der Waals surface area contributed by atoms with E-state index in [4.69, 9.17) is 4.74 Å². The second-order valence-corrected chi connectivity index (χ2v) is 6.66. The molecule has 1 atom stereocenters. The molecule has 0 spiro atoms. The molecule has 0 radical (unpaired) electrons. The number of carbonyl (C=O) groups excluding carboxylic acids is 1. The van der Waals surface area contributed by atoms with Gasteiger partial charge in [0.1, 0.15) is 6.54 Å². The van der Waals surface area contributed by atoms with Gasteiger partial charge in [0.2, 0.25) is 5.91 Å². The summed E-state index contributed by atoms with van der Waals surface area (Å²) in [5.41, 5.74) is 1.27. The summed E-state index contributed by atoms with van der Waals surface area (Å²) in [6, 6.07) is 10.6. The number of carbonyl (C=O) groups is 1. The number of ether oxygens (including phenoxy) is 1. The highest BCUT2D eigenvalue weighted by molar-refractivity contribution is 5.85. The van der Waals surface area contributed by atoms with E-state index in [1.54, 1.807) is 26.1 Å². The standard InChI is InChI=1S/C19H30N4O2/c1-23(2)18(24)13-21-19(22-17(14-25-3)16-9-10-16)20-12-11-15-7-5-4-6-8-15/h4-8,16-17H,9-14H2,1-3H3,(H2,20,21,22). The van der Waals surface area contributed by atoms with Gasteiger partial charge < -0.3 is 20.3 Å². The molecule has 1 fully saturated rings. The number of methoxy groups -OCH3 is 1. The summed E-state index contributed by atoms with van der Waals surface area (Å²) in [5, 5.41) is 6.79. The number of aliphatic imine (C=N–C) groups is 1. The molecule has 2 N–H and O–H groups in total. The smallest absolute Gasteiger partial charge is 0.243 e. The number of rotatable bonds is 9. The van der Waals surface area contributed by atoms with Crippen LogP contribution in [0, 0.1) is 5.92 Å². The maximum Gasteiger partial charge on any atom is 0.243 e. The van der Waals surface area contributed by atoms with E-state index in [2.05, 4.69) is 27.8 Å². The molecule has 0 heterocycles. The molecular formula is C19H30N4O2. The minimum atomic E-state index is -0.0149. The highest BCUT2D eigenvalue weighted by Crippen LogP contribution is 2.32. The van der Waals surface area contributed by atoms with Crippen molar-refractivity contribution in [3.05, 3.63) is 35.9 Å². The maximum atomic E-state index is 11.8. The third-order valence-corrected chi connectivity index (χ3v) is 4.28. The van der Waals surface area contributed by atoms with Gasteiger partial charge in [0.15, 0.2) is 5.96 Å². The van der Waals surface area contributed by atoms with E-state index in [0.29, 0.717) is 18.5 Å². The maximum absolute atomic E-state index is 11.8. The highest BCUT2D eigenvalue weighted by Gasteiger charge is 2.31. The molecule has 0 bridgehead atoms. The van der Waals surface area contributed by atoms with E-state index in [1.807, 2.05) is 18.2 Å². The Kier molecular flexibility index (Phi) is 7.73. The van der Waals surface area contributed by atoms with Crippen molar-refractivity contribution in [2.24, 2.45) is 10.9 Å². The van der Waals surface area contributed by atoms with Gasteiger partial charge in [-0.2, -0.15) is 0 Å². The van der Waals surface area contributed by atoms with E-state index in [-0.39, 0.29) is 18.5 Å². The van der Waals surface area contributed by atoms with Crippen molar-refractivity contribution in [2.75, 3.05) is 40.9 Å². The second kappa shape index (κ2) is 10.0. The molecule has 1 aromatic rings. The van der Waals surface area contributed by atoms with Crippen LogP contribution >= 0.6 is 0 Å². The van der Waals surface area contributed by atoms with Crippen LogP contribution in [0.4, 0.5) is 0 Å². The topological polar surface area (TPSA) is 66.0 Å². The van der Waals surface area contributed by atoms with Gasteiger partial charge in [0.25, 0.3) is 0 Å². The lowest BCUT2D eigenvalue weighted by Crippen LogP contribution is -2.47. The molecule has 2 rings (SSSR count). The summed E-state index contributed by atoms with van der Waals surface area (Å²) >= 11 is 0. The van der Waals surface area contributed by atoms with Crippen LogP contribution in [0.5, 0.6) is 0 Å². The number of amides is 1. The van der Waals surface area contributed by atoms with Crippen LogP contribution in [0.3, 0.4) is 0 Å². The third-order valence-electron chi connectivity index (χ3n) is 4.28. The predicted molar refractivity (Wildman–Crippen MR) is 101 cm³/mol. The summed E-state index contributed by atoms with van der Waals surface area (Å²) in [5.74, 6) is 1.30. The van der Waals surface area contributed by atoms with Crippen molar-refractivity contribution in [2.45, 2.75) is 25.3 Å². The monoisotopic (exact) mass is 346 g/mol. The summed E-state index contributed by atoms with van der Waals surface area (Å²) in [6.45, 7) is 1.54. The zero-order valence-corrected chi connectivity index (χ0v) is 15.5. The first-order valence-electron chi connectivity index (χ1n) is 8.88. The van der Waals surface area contributed by atoms with E-state index in [0.717, 1.165) is 13.0 Å². The molecule has 0 aromatic heterocycles. The Hall–Kier alpha value is -2.08. The Morgan fingerprint density at radius 2 is 2.04 bits per heavy atom. The fourth-order valence-electron chi connectivity index (χ4n) is 2.56. The average molecular weight is 346 g/mol. The van der Waals surface area contributed by atoms with Gasteiger partial charge in [-0.25, -0.2) is 4.99 Å². The molecule has 0 saturated heterocycles. The van der Waals surface area contributed by atoms with Crippen molar-refractivity contribution >= 4 is 11.9 Å². The zero-order valence-electron chi connectivity index (χ0n) is 15.5. The van der Waals surface area contributed by atoms with Crippen LogP contribution in [-0.2, 0) is 16.0 Å². The van der Waals surface area contributed by atoms with Crippen LogP contribution in [-0.4, -0.2) is 63.7 Å². The molecule has 6 nitrogen and oxygen atoms in total. The Balaban J connectivity index is 1.92. The molecule has 138 valence electrons. The first kappa shape index (κ1) is 19.2. The van der Waals surface area contributed by atoms with E-state index in [1.165, 1.54) is 18.4 Å². The van der Waals surface area contributed by atoms with Crippen LogP contribution in [0.15, 0.2) is 35.3 Å². The van der Waals surface area contributed by atoms with Crippen LogP contribution in [0.25, 0.3) is 0 Å². The minimum absolute atomic E-state index is 0.0149. The zero-order chi connectivity index (χ0) is 18.1. The molecular weight excluding hydrogens is 316 g/mol. The van der Waals surface area contributed by atoms with Gasteiger partial charge >= 0.3 is 0 Å². The largest absolute Gasteiger partial charge is 0.383 e. The second-order valence-electron chi connectivity index (χ2n) is 6.66. The third kappa shape index (κ3) is 7.13. The Morgan fingerprint density at radius 1 is 1.32 bits per heavy atom. The van der Waals surface area contributed by atoms with Gasteiger partial charge in [-0.05, 0) is 30.7 Å². The van der Waals surface area contributed by atoms with Crippen molar-refractivity contribution in [3.8, 4) is 0 Å². The van der Waals surface area contributed by atoms with Crippen molar-refractivity contribution in [1.82, 2.24) is 15.5 Å². The number of nitrogens with zero attached hydrogens (tertiary/aromatic N) is 2. The molecule has 1 unspecified atom stereocenters. The lowest BCUT2D eigenvalue weighted by Gasteiger charge is -2.21. The number of likely N-dealkylation sites (N-methyl/N-ethyl adjacent to an activating group) is 1. The van der Waals surface area contributed by atoms with Crippen molar-refractivity contribution < 1.29 is 9.53 Å². The average Bonchev–Trinajstić information content (AvgIpc) is 3.44. The fourth-order valence-corrected chi connectivity index (χ4v) is 2.56. The van der Waals surface area contributed by atoms with Gasteiger partial charge in [0, 0.05) is 27.7 Å². The van der Waals surface area contributed by atoms with E-state index in [9.17, 15) is 4.79 Å². The van der Waals surface area contributed by atoms with Gasteiger partial charge in [-0.1, -0.05) is 30.3 Å². The van der Waals surface area contributed by atoms with Crippen molar-refractivity contribution in [3.63, 3.8) is 0 Å². The molecule has 1 saturated carbocycles. The van der Waals surface area contributed by atoms with Crippen LogP contribution < -0.4 is 10.6 Å². The highest BCUT2D eigenvalue weighted by atomic mass is 16.5. The Labute approximate surface area is 150 Å². The number of hydrogen-bond acceptors (Lipinski definition) is 3. The van der Waals surface area contributed by atoms with Gasteiger partial charge in [0.05, 0.1) is 12.6 Å². The predicted octanol–water partition coefficient (Wildman–Crippen LogP) is 1.28. The molecule has 0 aliphatic heterocycles. The number of nitrogens with one attached hydrogen (secondary N) is 2. The lowest BCUT2D eigenvalue weighted by atomic mass is 10.1. The Bertz CT molecular complexity index is 556. The van der Waals surface area contributed by atoms with Gasteiger partial charge in [-0.15, -0.1) is 0 Å². The summed E-state index contributed by atoms with van der Waals surface area (Å²) in [7, 11) is 5.20. The first-order valence-corrected chi connectivity index (χ1v) is 8.88.